The van der Waals surface area contributed by atoms with Gasteiger partial charge in [-0.2, -0.15) is 0 Å². The molecule has 2 aliphatic rings. The minimum absolute atomic E-state index is 0.788. The Morgan fingerprint density at radius 1 is 1.33 bits per heavy atom. The molecule has 3 rings (SSSR count). The van der Waals surface area contributed by atoms with Crippen molar-refractivity contribution in [2.24, 2.45) is 5.92 Å². The first-order valence-corrected chi connectivity index (χ1v) is 6.41. The molecule has 2 aliphatic carbocycles. The molecular formula is C10H16N4S. The summed E-state index contributed by atoms with van der Waals surface area (Å²) in [5.74, 6) is 0.943. The van der Waals surface area contributed by atoms with Crippen LogP contribution in [-0.4, -0.2) is 27.1 Å². The van der Waals surface area contributed by atoms with Crippen molar-refractivity contribution < 1.29 is 0 Å². The molecule has 0 bridgehead atoms. The molecule has 4 nitrogen and oxygen atoms in total. The summed E-state index contributed by atoms with van der Waals surface area (Å²) in [4.78, 5) is 2.55. The second-order valence-electron chi connectivity index (χ2n) is 4.69. The van der Waals surface area contributed by atoms with Gasteiger partial charge in [-0.25, -0.2) is 0 Å². The van der Waals surface area contributed by atoms with Gasteiger partial charge in [-0.15, -0.1) is 5.10 Å². The molecule has 1 heterocycles. The van der Waals surface area contributed by atoms with Crippen molar-refractivity contribution in [3.8, 4) is 0 Å². The second-order valence-corrected chi connectivity index (χ2v) is 5.47. The molecule has 0 atom stereocenters. The lowest BCUT2D eigenvalue weighted by atomic mass is 10.3. The molecule has 2 saturated carbocycles. The second kappa shape index (κ2) is 3.72. The van der Waals surface area contributed by atoms with Crippen LogP contribution in [-0.2, 0) is 6.54 Å². The van der Waals surface area contributed by atoms with Crippen LogP contribution in [0.1, 0.15) is 31.4 Å². The number of rotatable bonds is 5. The average Bonchev–Trinajstić information content (AvgIpc) is 3.10. The Morgan fingerprint density at radius 2 is 2.13 bits per heavy atom. The van der Waals surface area contributed by atoms with Gasteiger partial charge in [0.25, 0.3) is 0 Å². The van der Waals surface area contributed by atoms with E-state index in [1.54, 1.807) is 0 Å². The summed E-state index contributed by atoms with van der Waals surface area (Å²) >= 11 is 1.30. The van der Waals surface area contributed by atoms with E-state index in [1.807, 2.05) is 0 Å². The lowest BCUT2D eigenvalue weighted by molar-refractivity contribution is 0.241. The Kier molecular flexibility index (Phi) is 2.36. The first-order chi connectivity index (χ1) is 7.33. The SMILES string of the molecule is Nc1snnc1CN(CC1CC1)C1CC1. The minimum atomic E-state index is 0.788. The summed E-state index contributed by atoms with van der Waals surface area (Å²) in [5.41, 5.74) is 6.80. The largest absolute Gasteiger partial charge is 0.388 e. The normalized spacial score (nSPS) is 21.1. The zero-order valence-corrected chi connectivity index (χ0v) is 9.54. The van der Waals surface area contributed by atoms with Crippen molar-refractivity contribution in [3.63, 3.8) is 0 Å². The number of aromatic nitrogens is 2. The number of hydrogen-bond donors (Lipinski definition) is 1. The molecule has 2 N–H and O–H groups in total. The van der Waals surface area contributed by atoms with Crippen LogP contribution < -0.4 is 5.73 Å². The van der Waals surface area contributed by atoms with Gasteiger partial charge in [-0.3, -0.25) is 4.90 Å². The molecule has 0 aliphatic heterocycles. The van der Waals surface area contributed by atoms with Crippen LogP contribution in [0.4, 0.5) is 5.00 Å². The monoisotopic (exact) mass is 224 g/mol. The molecule has 5 heteroatoms. The molecule has 1 aromatic rings. The zero-order valence-electron chi connectivity index (χ0n) is 8.72. The number of anilines is 1. The maximum Gasteiger partial charge on any atom is 0.132 e. The highest BCUT2D eigenvalue weighted by Gasteiger charge is 2.34. The minimum Gasteiger partial charge on any atom is -0.388 e. The molecule has 0 aromatic carbocycles. The predicted molar refractivity (Wildman–Crippen MR) is 60.5 cm³/mol. The van der Waals surface area contributed by atoms with Crippen LogP contribution in [0.3, 0.4) is 0 Å². The average molecular weight is 224 g/mol. The van der Waals surface area contributed by atoms with Gasteiger partial charge in [0.1, 0.15) is 10.7 Å². The molecule has 0 radical (unpaired) electrons. The van der Waals surface area contributed by atoms with Crippen LogP contribution in [0.2, 0.25) is 0 Å². The van der Waals surface area contributed by atoms with E-state index < -0.39 is 0 Å². The zero-order chi connectivity index (χ0) is 10.3. The van der Waals surface area contributed by atoms with Crippen LogP contribution in [0.25, 0.3) is 0 Å². The first-order valence-electron chi connectivity index (χ1n) is 5.63. The topological polar surface area (TPSA) is 55.0 Å². The third-order valence-corrected chi connectivity index (χ3v) is 3.79. The van der Waals surface area contributed by atoms with Gasteiger partial charge in [0.2, 0.25) is 0 Å². The van der Waals surface area contributed by atoms with Gasteiger partial charge in [0, 0.05) is 30.7 Å². The van der Waals surface area contributed by atoms with Crippen LogP contribution in [0, 0.1) is 5.92 Å². The molecule has 0 amide bonds. The van der Waals surface area contributed by atoms with Crippen LogP contribution >= 0.6 is 11.5 Å². The van der Waals surface area contributed by atoms with E-state index in [1.165, 1.54) is 43.8 Å². The van der Waals surface area contributed by atoms with Crippen molar-refractivity contribution in [2.45, 2.75) is 38.3 Å². The van der Waals surface area contributed by atoms with Crippen LogP contribution in [0.15, 0.2) is 0 Å². The molecule has 1 aromatic heterocycles. The van der Waals surface area contributed by atoms with Gasteiger partial charge in [0.05, 0.1) is 0 Å². The van der Waals surface area contributed by atoms with Crippen molar-refractivity contribution >= 4 is 16.5 Å². The Balaban J connectivity index is 1.64. The third kappa shape index (κ3) is 2.29. The predicted octanol–water partition coefficient (Wildman–Crippen LogP) is 1.49. The van der Waals surface area contributed by atoms with Gasteiger partial charge >= 0.3 is 0 Å². The Labute approximate surface area is 93.6 Å². The van der Waals surface area contributed by atoms with E-state index >= 15 is 0 Å². The molecule has 0 spiro atoms. The highest BCUT2D eigenvalue weighted by Crippen LogP contribution is 2.35. The molecular weight excluding hydrogens is 208 g/mol. The number of nitrogens with two attached hydrogens (primary N) is 1. The lowest BCUT2D eigenvalue weighted by Crippen LogP contribution is -2.28. The number of nitrogens with zero attached hydrogens (tertiary/aromatic N) is 3. The summed E-state index contributed by atoms with van der Waals surface area (Å²) in [6.07, 6.45) is 5.52. The van der Waals surface area contributed by atoms with Crippen molar-refractivity contribution in [1.82, 2.24) is 14.5 Å². The summed E-state index contributed by atoms with van der Waals surface area (Å²) in [6, 6.07) is 0.798. The van der Waals surface area contributed by atoms with E-state index in [4.69, 9.17) is 5.73 Å². The van der Waals surface area contributed by atoms with Gasteiger partial charge in [0.15, 0.2) is 0 Å². The molecule has 0 unspecified atom stereocenters. The Morgan fingerprint density at radius 3 is 2.67 bits per heavy atom. The molecule has 82 valence electrons. The Bertz CT molecular complexity index is 343. The van der Waals surface area contributed by atoms with E-state index in [2.05, 4.69) is 14.5 Å². The number of nitrogen functional groups attached to an aromatic ring is 1. The van der Waals surface area contributed by atoms with Crippen LogP contribution in [0.5, 0.6) is 0 Å². The lowest BCUT2D eigenvalue weighted by Gasteiger charge is -2.20. The van der Waals surface area contributed by atoms with Gasteiger partial charge in [-0.05, 0) is 31.6 Å². The quantitative estimate of drug-likeness (QED) is 0.823. The smallest absolute Gasteiger partial charge is 0.132 e. The highest BCUT2D eigenvalue weighted by atomic mass is 32.1. The van der Waals surface area contributed by atoms with Crippen molar-refractivity contribution in [3.05, 3.63) is 5.69 Å². The van der Waals surface area contributed by atoms with E-state index in [-0.39, 0.29) is 0 Å². The van der Waals surface area contributed by atoms with Crippen molar-refractivity contribution in [2.75, 3.05) is 12.3 Å². The molecule has 2 fully saturated rings. The van der Waals surface area contributed by atoms with E-state index in [9.17, 15) is 0 Å². The number of hydrogen-bond acceptors (Lipinski definition) is 5. The molecule has 0 saturated heterocycles. The molecule has 15 heavy (non-hydrogen) atoms. The summed E-state index contributed by atoms with van der Waals surface area (Å²) in [6.45, 7) is 2.14. The third-order valence-electron chi connectivity index (χ3n) is 3.19. The van der Waals surface area contributed by atoms with Gasteiger partial charge in [-0.1, -0.05) is 4.49 Å². The Hall–Kier alpha value is -0.680. The van der Waals surface area contributed by atoms with E-state index in [0.29, 0.717) is 0 Å². The maximum atomic E-state index is 5.82. The fourth-order valence-corrected chi connectivity index (χ4v) is 2.37. The van der Waals surface area contributed by atoms with E-state index in [0.717, 1.165) is 29.2 Å². The summed E-state index contributed by atoms with van der Waals surface area (Å²) in [7, 11) is 0. The first kappa shape index (κ1) is 9.54. The summed E-state index contributed by atoms with van der Waals surface area (Å²) < 4.78 is 3.89. The highest BCUT2D eigenvalue weighted by molar-refractivity contribution is 7.09. The standard InChI is InChI=1S/C10H16N4S/c11-10-9(12-13-15-10)6-14(8-3-4-8)5-7-1-2-7/h7-8H,1-6,11H2. The fraction of sp³-hybridized carbons (Fsp3) is 0.800. The summed E-state index contributed by atoms with van der Waals surface area (Å²) in [5, 5.41) is 4.88. The maximum absolute atomic E-state index is 5.82. The van der Waals surface area contributed by atoms with Gasteiger partial charge < -0.3 is 5.73 Å². The fourth-order valence-electron chi connectivity index (χ4n) is 1.93. The van der Waals surface area contributed by atoms with Crippen molar-refractivity contribution in [1.29, 1.82) is 0 Å².